The monoisotopic (exact) mass is 678 g/mol. The van der Waals surface area contributed by atoms with Gasteiger partial charge in [-0.3, -0.25) is 4.98 Å². The van der Waals surface area contributed by atoms with Crippen LogP contribution in [0.1, 0.15) is 30.5 Å². The normalized spacial score (nSPS) is 12.5. The highest BCUT2D eigenvalue weighted by atomic mass is 14.9. The van der Waals surface area contributed by atoms with Crippen molar-refractivity contribution in [3.63, 3.8) is 0 Å². The third-order valence-corrected chi connectivity index (χ3v) is 10.4. The van der Waals surface area contributed by atoms with E-state index in [-0.39, 0.29) is 5.41 Å². The van der Waals surface area contributed by atoms with Gasteiger partial charge in [0.25, 0.3) is 0 Å². The minimum absolute atomic E-state index is 0.210. The molecule has 8 aromatic rings. The average Bonchev–Trinajstić information content (AvgIpc) is 3.46. The number of hydrogen-bond acceptors (Lipinski definition) is 4. The Labute approximate surface area is 309 Å². The molecule has 0 aliphatic heterocycles. The van der Waals surface area contributed by atoms with Gasteiger partial charge in [0.05, 0.1) is 28.7 Å². The first-order chi connectivity index (χ1) is 25.9. The van der Waals surface area contributed by atoms with E-state index in [1.807, 2.05) is 60.8 Å². The van der Waals surface area contributed by atoms with E-state index in [0.29, 0.717) is 11.4 Å². The highest BCUT2D eigenvalue weighted by molar-refractivity contribution is 5.87. The van der Waals surface area contributed by atoms with E-state index in [4.69, 9.17) is 15.0 Å². The van der Waals surface area contributed by atoms with E-state index in [0.717, 1.165) is 61.6 Å². The fraction of sp³-hybridized carbons (Fsp3) is 0.0612. The summed E-state index contributed by atoms with van der Waals surface area (Å²) in [7, 11) is 0. The fourth-order valence-corrected chi connectivity index (χ4v) is 7.55. The van der Waals surface area contributed by atoms with Crippen LogP contribution in [0.3, 0.4) is 0 Å². The molecular formula is C49H34N4. The van der Waals surface area contributed by atoms with Gasteiger partial charge < -0.3 is 0 Å². The van der Waals surface area contributed by atoms with Crippen LogP contribution < -0.4 is 0 Å². The van der Waals surface area contributed by atoms with Crippen molar-refractivity contribution < 1.29 is 0 Å². The highest BCUT2D eigenvalue weighted by Crippen LogP contribution is 2.50. The predicted molar refractivity (Wildman–Crippen MR) is 215 cm³/mol. The minimum Gasteiger partial charge on any atom is -0.256 e. The molecule has 0 bridgehead atoms. The van der Waals surface area contributed by atoms with Gasteiger partial charge in [-0.25, -0.2) is 9.97 Å². The summed E-state index contributed by atoms with van der Waals surface area (Å²) >= 11 is 0. The molecule has 2 aromatic heterocycles. The molecule has 0 spiro atoms. The van der Waals surface area contributed by atoms with Gasteiger partial charge in [0.2, 0.25) is 0 Å². The van der Waals surface area contributed by atoms with E-state index in [9.17, 15) is 5.26 Å². The van der Waals surface area contributed by atoms with Crippen LogP contribution in [0.4, 0.5) is 0 Å². The van der Waals surface area contributed by atoms with Crippen molar-refractivity contribution in [1.29, 1.82) is 5.26 Å². The van der Waals surface area contributed by atoms with Gasteiger partial charge in [0.1, 0.15) is 0 Å². The molecule has 1 aliphatic carbocycles. The molecule has 1 aliphatic rings. The second-order valence-electron chi connectivity index (χ2n) is 14.0. The van der Waals surface area contributed by atoms with Gasteiger partial charge >= 0.3 is 0 Å². The Bertz CT molecular complexity index is 2670. The van der Waals surface area contributed by atoms with Crippen LogP contribution in [-0.4, -0.2) is 15.0 Å². The van der Waals surface area contributed by atoms with Crippen LogP contribution in [-0.2, 0) is 5.41 Å². The summed E-state index contributed by atoms with van der Waals surface area (Å²) in [6, 6.07) is 59.0. The maximum absolute atomic E-state index is 9.63. The molecule has 0 amide bonds. The first-order valence-corrected chi connectivity index (χ1v) is 17.8. The molecule has 6 aromatic carbocycles. The van der Waals surface area contributed by atoms with E-state index in [1.165, 1.54) is 22.3 Å². The molecule has 0 saturated carbocycles. The first-order valence-electron chi connectivity index (χ1n) is 17.8. The number of aromatic nitrogens is 3. The summed E-state index contributed by atoms with van der Waals surface area (Å²) in [5.74, 6) is 0.670. The van der Waals surface area contributed by atoms with Crippen molar-refractivity contribution >= 4 is 0 Å². The lowest BCUT2D eigenvalue weighted by molar-refractivity contribution is 0.660. The summed E-state index contributed by atoms with van der Waals surface area (Å²) < 4.78 is 0. The van der Waals surface area contributed by atoms with E-state index >= 15 is 0 Å². The molecule has 2 heterocycles. The van der Waals surface area contributed by atoms with Crippen molar-refractivity contribution in [3.05, 3.63) is 187 Å². The molecule has 0 atom stereocenters. The van der Waals surface area contributed by atoms with Crippen molar-refractivity contribution in [1.82, 2.24) is 15.0 Å². The van der Waals surface area contributed by atoms with Crippen LogP contribution in [0.2, 0.25) is 0 Å². The number of nitrogens with zero attached hydrogens (tertiary/aromatic N) is 4. The van der Waals surface area contributed by atoms with E-state index in [2.05, 4.69) is 129 Å². The SMILES string of the molecule is CC1(C)c2ccc(C#N)cc2-c2ccc(-c3cc(-c4ccccn4)cc(-c4cc(-c5ccc(-c6ccccc6)cc5)nc(-c5ccccc5)n4)c3)cc21. The Morgan fingerprint density at radius 3 is 1.74 bits per heavy atom. The topological polar surface area (TPSA) is 62.5 Å². The van der Waals surface area contributed by atoms with E-state index in [1.54, 1.807) is 0 Å². The molecule has 4 nitrogen and oxygen atoms in total. The first kappa shape index (κ1) is 32.0. The molecule has 9 rings (SSSR count). The Kier molecular flexibility index (Phi) is 7.83. The molecule has 250 valence electrons. The van der Waals surface area contributed by atoms with Crippen LogP contribution in [0, 0.1) is 11.3 Å². The lowest BCUT2D eigenvalue weighted by Gasteiger charge is -2.22. The van der Waals surface area contributed by atoms with Crippen LogP contribution in [0.25, 0.3) is 78.5 Å². The summed E-state index contributed by atoms with van der Waals surface area (Å²) in [4.78, 5) is 15.1. The van der Waals surface area contributed by atoms with Gasteiger partial charge in [-0.05, 0) is 99.1 Å². The molecule has 0 N–H and O–H groups in total. The maximum Gasteiger partial charge on any atom is 0.160 e. The zero-order valence-electron chi connectivity index (χ0n) is 29.5. The number of fused-ring (bicyclic) bond motifs is 3. The van der Waals surface area contributed by atoms with E-state index < -0.39 is 0 Å². The molecule has 0 radical (unpaired) electrons. The summed E-state index contributed by atoms with van der Waals surface area (Å²) in [6.45, 7) is 4.53. The summed E-state index contributed by atoms with van der Waals surface area (Å²) in [6.07, 6.45) is 1.84. The Morgan fingerprint density at radius 2 is 1.04 bits per heavy atom. The van der Waals surface area contributed by atoms with Crippen molar-refractivity contribution in [2.45, 2.75) is 19.3 Å². The number of hydrogen-bond donors (Lipinski definition) is 0. The lowest BCUT2D eigenvalue weighted by atomic mass is 9.81. The number of nitriles is 1. The third kappa shape index (κ3) is 5.89. The molecule has 0 unspecified atom stereocenters. The van der Waals surface area contributed by atoms with Crippen molar-refractivity contribution in [3.8, 4) is 84.6 Å². The Balaban J connectivity index is 1.20. The van der Waals surface area contributed by atoms with Crippen LogP contribution in [0.5, 0.6) is 0 Å². The number of rotatable bonds is 6. The zero-order chi connectivity index (χ0) is 35.9. The second kappa shape index (κ2) is 13.0. The second-order valence-corrected chi connectivity index (χ2v) is 14.0. The van der Waals surface area contributed by atoms with Crippen LogP contribution in [0.15, 0.2) is 170 Å². The van der Waals surface area contributed by atoms with Crippen molar-refractivity contribution in [2.24, 2.45) is 0 Å². The molecule has 0 saturated heterocycles. The Morgan fingerprint density at radius 1 is 0.434 bits per heavy atom. The van der Waals surface area contributed by atoms with Gasteiger partial charge in [-0.2, -0.15) is 5.26 Å². The zero-order valence-corrected chi connectivity index (χ0v) is 29.5. The molecule has 53 heavy (non-hydrogen) atoms. The molecular weight excluding hydrogens is 645 g/mol. The van der Waals surface area contributed by atoms with Gasteiger partial charge in [0.15, 0.2) is 5.82 Å². The van der Waals surface area contributed by atoms with Gasteiger partial charge in [-0.1, -0.05) is 123 Å². The maximum atomic E-state index is 9.63. The lowest BCUT2D eigenvalue weighted by Crippen LogP contribution is -2.15. The fourth-order valence-electron chi connectivity index (χ4n) is 7.55. The number of benzene rings is 6. The van der Waals surface area contributed by atoms with Gasteiger partial charge in [-0.15, -0.1) is 0 Å². The predicted octanol–water partition coefficient (Wildman–Crippen LogP) is 12.1. The van der Waals surface area contributed by atoms with Crippen molar-refractivity contribution in [2.75, 3.05) is 0 Å². The van der Waals surface area contributed by atoms with Crippen LogP contribution >= 0.6 is 0 Å². The minimum atomic E-state index is -0.210. The smallest absolute Gasteiger partial charge is 0.160 e. The Hall–Kier alpha value is -6.96. The molecule has 4 heteroatoms. The standard InChI is InChI=1S/C49H34N4/c1-49(2)43-23-16-32(31-50)25-42(43)41-22-21-37(29-44(41)49)38-26-39(45-15-9-10-24-51-45)28-40(27-38)47-30-46(52-48(53-47)36-13-7-4-8-14-36)35-19-17-34(18-20-35)33-11-5-3-6-12-33/h3-30H,1-2H3. The van der Waals surface area contributed by atoms with Gasteiger partial charge in [0, 0.05) is 33.9 Å². The number of pyridine rings is 1. The highest BCUT2D eigenvalue weighted by Gasteiger charge is 2.35. The third-order valence-electron chi connectivity index (χ3n) is 10.4. The summed E-state index contributed by atoms with van der Waals surface area (Å²) in [5, 5.41) is 9.63. The average molecular weight is 679 g/mol. The summed E-state index contributed by atoms with van der Waals surface area (Å²) in [5.41, 5.74) is 16.3. The molecule has 0 fully saturated rings. The largest absolute Gasteiger partial charge is 0.256 e. The quantitative estimate of drug-likeness (QED) is 0.176.